The molecule has 0 amide bonds. The summed E-state index contributed by atoms with van der Waals surface area (Å²) in [4.78, 5) is 0. The quantitative estimate of drug-likeness (QED) is 0.597. The van der Waals surface area contributed by atoms with Crippen LogP contribution in [-0.2, 0) is 9.47 Å². The molecule has 0 aromatic rings. The minimum atomic E-state index is -5.17. The standard InChI is InChI=1S/C18H26F6O2/c1-15(19)16(20,21)17(22,23)18(15,24)26-14-9-5-12(6-10-14)11-3-7-13(25-2)8-4-11/h11-14H,3-10H2,1-2H3. The SMILES string of the molecule is COC1CCC(C2CCC(OC3(F)C(C)(F)C(F)(F)C3(F)F)CC2)CC1. The Morgan fingerprint density at radius 1 is 0.654 bits per heavy atom. The van der Waals surface area contributed by atoms with E-state index in [-0.39, 0.29) is 25.9 Å². The van der Waals surface area contributed by atoms with Crippen LogP contribution in [0.4, 0.5) is 26.3 Å². The van der Waals surface area contributed by atoms with Crippen LogP contribution in [0, 0.1) is 11.8 Å². The summed E-state index contributed by atoms with van der Waals surface area (Å²) in [5, 5.41) is 0. The fraction of sp³-hybridized carbons (Fsp3) is 1.00. The highest BCUT2D eigenvalue weighted by atomic mass is 19.3. The largest absolute Gasteiger partial charge is 0.381 e. The lowest BCUT2D eigenvalue weighted by Crippen LogP contribution is -2.86. The summed E-state index contributed by atoms with van der Waals surface area (Å²) in [5.74, 6) is -13.6. The maximum absolute atomic E-state index is 14.4. The zero-order valence-electron chi connectivity index (χ0n) is 15.1. The predicted molar refractivity (Wildman–Crippen MR) is 82.8 cm³/mol. The Bertz CT molecular complexity index is 490. The van der Waals surface area contributed by atoms with Crippen molar-refractivity contribution in [2.75, 3.05) is 7.11 Å². The van der Waals surface area contributed by atoms with E-state index in [0.29, 0.717) is 24.7 Å². The highest BCUT2D eigenvalue weighted by Crippen LogP contribution is 2.68. The molecule has 0 radical (unpaired) electrons. The van der Waals surface area contributed by atoms with Crippen molar-refractivity contribution in [3.8, 4) is 0 Å². The molecule has 2 nitrogen and oxygen atoms in total. The van der Waals surface area contributed by atoms with E-state index in [1.54, 1.807) is 7.11 Å². The lowest BCUT2D eigenvalue weighted by atomic mass is 9.68. The summed E-state index contributed by atoms with van der Waals surface area (Å²) >= 11 is 0. The zero-order chi connectivity index (χ0) is 19.4. The molecule has 2 atom stereocenters. The Morgan fingerprint density at radius 2 is 1.08 bits per heavy atom. The Labute approximate surface area is 149 Å². The highest BCUT2D eigenvalue weighted by Gasteiger charge is 2.98. The third-order valence-electron chi connectivity index (χ3n) is 6.76. The maximum atomic E-state index is 14.4. The van der Waals surface area contributed by atoms with E-state index in [1.165, 1.54) is 0 Å². The van der Waals surface area contributed by atoms with E-state index >= 15 is 0 Å². The van der Waals surface area contributed by atoms with Gasteiger partial charge in [0.05, 0.1) is 12.2 Å². The van der Waals surface area contributed by atoms with Gasteiger partial charge in [-0.25, -0.2) is 8.78 Å². The summed E-state index contributed by atoms with van der Waals surface area (Å²) in [5.41, 5.74) is -4.04. The Morgan fingerprint density at radius 3 is 1.46 bits per heavy atom. The van der Waals surface area contributed by atoms with Crippen LogP contribution in [0.5, 0.6) is 0 Å². The summed E-state index contributed by atoms with van der Waals surface area (Å²) in [6, 6.07) is 0. The second-order valence-electron chi connectivity index (χ2n) is 8.17. The zero-order valence-corrected chi connectivity index (χ0v) is 15.1. The number of halogens is 6. The van der Waals surface area contributed by atoms with Crippen molar-refractivity contribution in [3.63, 3.8) is 0 Å². The fourth-order valence-electron chi connectivity index (χ4n) is 4.82. The summed E-state index contributed by atoms with van der Waals surface area (Å²) in [6.07, 6.45) is 5.16. The van der Waals surface area contributed by atoms with E-state index in [0.717, 1.165) is 25.7 Å². The van der Waals surface area contributed by atoms with Crippen molar-refractivity contribution >= 4 is 0 Å². The average Bonchev–Trinajstić information content (AvgIpc) is 2.61. The van der Waals surface area contributed by atoms with Gasteiger partial charge in [0.15, 0.2) is 0 Å². The van der Waals surface area contributed by atoms with Gasteiger partial charge in [-0.15, -0.1) is 0 Å². The van der Waals surface area contributed by atoms with Crippen LogP contribution >= 0.6 is 0 Å². The Hall–Kier alpha value is -0.500. The first-order chi connectivity index (χ1) is 12.0. The van der Waals surface area contributed by atoms with Crippen LogP contribution in [0.25, 0.3) is 0 Å². The van der Waals surface area contributed by atoms with Crippen LogP contribution < -0.4 is 0 Å². The molecular weight excluding hydrogens is 362 g/mol. The van der Waals surface area contributed by atoms with Gasteiger partial charge in [0, 0.05) is 7.11 Å². The van der Waals surface area contributed by atoms with Gasteiger partial charge in [0.2, 0.25) is 5.67 Å². The maximum Gasteiger partial charge on any atom is 0.374 e. The van der Waals surface area contributed by atoms with E-state index in [9.17, 15) is 26.3 Å². The third-order valence-corrected chi connectivity index (χ3v) is 6.76. The van der Waals surface area contributed by atoms with Gasteiger partial charge >= 0.3 is 17.7 Å². The number of ether oxygens (including phenoxy) is 2. The second kappa shape index (κ2) is 6.54. The van der Waals surface area contributed by atoms with Crippen LogP contribution in [0.2, 0.25) is 0 Å². The van der Waals surface area contributed by atoms with Gasteiger partial charge < -0.3 is 9.47 Å². The summed E-state index contributed by atoms with van der Waals surface area (Å²) < 4.78 is 92.0. The summed E-state index contributed by atoms with van der Waals surface area (Å²) in [7, 11) is 1.69. The predicted octanol–water partition coefficient (Wildman–Crippen LogP) is 5.45. The van der Waals surface area contributed by atoms with Gasteiger partial charge in [0.25, 0.3) is 0 Å². The number of rotatable bonds is 4. The van der Waals surface area contributed by atoms with Crippen LogP contribution in [0.1, 0.15) is 58.3 Å². The molecule has 3 rings (SSSR count). The molecule has 152 valence electrons. The van der Waals surface area contributed by atoms with E-state index < -0.39 is 29.5 Å². The smallest absolute Gasteiger partial charge is 0.374 e. The second-order valence-corrected chi connectivity index (χ2v) is 8.17. The molecule has 0 spiro atoms. The molecule has 26 heavy (non-hydrogen) atoms. The van der Waals surface area contributed by atoms with Gasteiger partial charge in [-0.1, -0.05) is 0 Å². The van der Waals surface area contributed by atoms with Gasteiger partial charge in [-0.2, -0.15) is 17.6 Å². The molecule has 3 aliphatic carbocycles. The molecule has 0 N–H and O–H groups in total. The molecule has 0 aliphatic heterocycles. The minimum absolute atomic E-state index is 0.143. The number of alkyl halides is 6. The van der Waals surface area contributed by atoms with Crippen LogP contribution in [0.15, 0.2) is 0 Å². The molecule has 0 bridgehead atoms. The van der Waals surface area contributed by atoms with Crippen molar-refractivity contribution in [3.05, 3.63) is 0 Å². The van der Waals surface area contributed by atoms with Crippen LogP contribution in [0.3, 0.4) is 0 Å². The van der Waals surface area contributed by atoms with Crippen molar-refractivity contribution in [2.24, 2.45) is 11.8 Å². The molecule has 0 aromatic carbocycles. The average molecular weight is 388 g/mol. The van der Waals surface area contributed by atoms with Crippen molar-refractivity contribution in [1.29, 1.82) is 0 Å². The third kappa shape index (κ3) is 2.69. The Kier molecular flexibility index (Phi) is 5.09. The first kappa shape index (κ1) is 20.2. The lowest BCUT2D eigenvalue weighted by Gasteiger charge is -2.57. The van der Waals surface area contributed by atoms with Crippen molar-refractivity contribution in [2.45, 2.75) is 93.9 Å². The van der Waals surface area contributed by atoms with Gasteiger partial charge in [-0.05, 0) is 70.1 Å². The number of methoxy groups -OCH3 is 1. The number of hydrogen-bond acceptors (Lipinski definition) is 2. The molecule has 0 aromatic heterocycles. The lowest BCUT2D eigenvalue weighted by molar-refractivity contribution is -0.504. The molecule has 0 saturated heterocycles. The van der Waals surface area contributed by atoms with Crippen molar-refractivity contribution in [1.82, 2.24) is 0 Å². The molecular formula is C18H26F6O2. The molecule has 2 unspecified atom stereocenters. The minimum Gasteiger partial charge on any atom is -0.381 e. The van der Waals surface area contributed by atoms with Crippen molar-refractivity contribution < 1.29 is 35.8 Å². The van der Waals surface area contributed by atoms with E-state index in [2.05, 4.69) is 4.74 Å². The first-order valence-corrected chi connectivity index (χ1v) is 9.32. The molecule has 3 fully saturated rings. The molecule has 3 saturated carbocycles. The highest BCUT2D eigenvalue weighted by molar-refractivity contribution is 5.26. The molecule has 0 heterocycles. The van der Waals surface area contributed by atoms with E-state index in [4.69, 9.17) is 4.74 Å². The van der Waals surface area contributed by atoms with E-state index in [1.807, 2.05) is 0 Å². The topological polar surface area (TPSA) is 18.5 Å². The van der Waals surface area contributed by atoms with Crippen LogP contribution in [-0.4, -0.2) is 42.7 Å². The summed E-state index contributed by atoms with van der Waals surface area (Å²) in [6.45, 7) is 0.143. The molecule has 8 heteroatoms. The van der Waals surface area contributed by atoms with Gasteiger partial charge in [0.1, 0.15) is 0 Å². The number of hydrogen-bond donors (Lipinski definition) is 0. The van der Waals surface area contributed by atoms with Gasteiger partial charge in [-0.3, -0.25) is 0 Å². The molecule has 3 aliphatic rings. The normalized spacial score (nSPS) is 48.0. The Balaban J connectivity index is 1.55. The fourth-order valence-corrected chi connectivity index (χ4v) is 4.82. The first-order valence-electron chi connectivity index (χ1n) is 9.32. The monoisotopic (exact) mass is 388 g/mol.